The number of hydrogen-bond donors (Lipinski definition) is 1. The summed E-state index contributed by atoms with van der Waals surface area (Å²) in [5, 5.41) is 3.46. The van der Waals surface area contributed by atoms with Crippen LogP contribution in [0.15, 0.2) is 54.6 Å². The van der Waals surface area contributed by atoms with Crippen LogP contribution < -0.4 is 10.2 Å². The van der Waals surface area contributed by atoms with Crippen LogP contribution in [0, 0.1) is 11.7 Å². The summed E-state index contributed by atoms with van der Waals surface area (Å²) >= 11 is 31.6. The quantitative estimate of drug-likeness (QED) is 0.190. The largest absolute Gasteiger partial charge is 0.443 e. The summed E-state index contributed by atoms with van der Waals surface area (Å²) in [5.41, 5.74) is -1.40. The van der Waals surface area contributed by atoms with E-state index in [4.69, 9.17) is 67.5 Å². The summed E-state index contributed by atoms with van der Waals surface area (Å²) in [5.74, 6) is -3.34. The number of ether oxygens (including phenoxy) is 2. The number of benzene rings is 3. The Morgan fingerprint density at radius 3 is 1.94 bits per heavy atom. The molecule has 3 aromatic rings. The molecule has 48 heavy (non-hydrogen) atoms. The molecule has 0 spiro atoms. The standard InChI is InChI=1S/C34H32Cl5FN2O6/c1-32(2,3)47-30(45)42(31(46)48-33(4,5)6)25-10-7-21(40)13-17(25)14-26(43)23-16-22(8-9-24(23)37)41-29(44)28-27(34(28,38)39)18-11-19(35)15-20(36)12-18/h7-13,15-16,27-28H,14H2,1-6H3,(H,41,44)/t27-,28+/m0/s1. The molecule has 0 aromatic heterocycles. The summed E-state index contributed by atoms with van der Waals surface area (Å²) < 4.78 is 24.0. The van der Waals surface area contributed by atoms with E-state index in [1.165, 1.54) is 24.3 Å². The number of amides is 3. The van der Waals surface area contributed by atoms with E-state index < -0.39 is 63.5 Å². The van der Waals surface area contributed by atoms with Gasteiger partial charge >= 0.3 is 12.2 Å². The Balaban J connectivity index is 1.61. The fourth-order valence-corrected chi connectivity index (χ4v) is 6.52. The van der Waals surface area contributed by atoms with Gasteiger partial charge in [0, 0.05) is 33.6 Å². The van der Waals surface area contributed by atoms with E-state index >= 15 is 0 Å². The van der Waals surface area contributed by atoms with Gasteiger partial charge in [-0.25, -0.2) is 14.0 Å². The molecule has 1 aliphatic rings. The lowest BCUT2D eigenvalue weighted by molar-refractivity contribution is -0.117. The lowest BCUT2D eigenvalue weighted by Gasteiger charge is -2.29. The Morgan fingerprint density at radius 1 is 0.833 bits per heavy atom. The van der Waals surface area contributed by atoms with Crippen molar-refractivity contribution in [2.24, 2.45) is 5.92 Å². The number of alkyl halides is 2. The third kappa shape index (κ3) is 9.12. The topological polar surface area (TPSA) is 102 Å². The zero-order valence-corrected chi connectivity index (χ0v) is 30.5. The molecule has 2 atom stereocenters. The first-order chi connectivity index (χ1) is 22.1. The highest BCUT2D eigenvalue weighted by Gasteiger charge is 2.67. The Kier molecular flexibility index (Phi) is 11.0. The smallest absolute Gasteiger partial charge is 0.424 e. The molecule has 3 aromatic carbocycles. The first-order valence-electron chi connectivity index (χ1n) is 14.6. The number of carbonyl (C=O) groups excluding carboxylic acids is 4. The molecular formula is C34H32Cl5FN2O6. The summed E-state index contributed by atoms with van der Waals surface area (Å²) in [7, 11) is 0. The van der Waals surface area contributed by atoms with Crippen molar-refractivity contribution in [2.75, 3.05) is 10.2 Å². The second-order valence-electron chi connectivity index (χ2n) is 13.2. The molecule has 1 fully saturated rings. The van der Waals surface area contributed by atoms with Crippen molar-refractivity contribution in [3.63, 3.8) is 0 Å². The number of halogens is 6. The normalized spacial score (nSPS) is 16.9. The minimum atomic E-state index is -1.44. The van der Waals surface area contributed by atoms with Gasteiger partial charge in [0.25, 0.3) is 0 Å². The van der Waals surface area contributed by atoms with Crippen molar-refractivity contribution >= 4 is 93.3 Å². The van der Waals surface area contributed by atoms with Crippen LogP contribution in [0.5, 0.6) is 0 Å². The van der Waals surface area contributed by atoms with Crippen LogP contribution in [-0.2, 0) is 20.7 Å². The minimum absolute atomic E-state index is 0.0252. The molecule has 0 bridgehead atoms. The van der Waals surface area contributed by atoms with Crippen LogP contribution in [0.25, 0.3) is 0 Å². The molecule has 0 radical (unpaired) electrons. The van der Waals surface area contributed by atoms with Gasteiger partial charge < -0.3 is 14.8 Å². The molecule has 1 N–H and O–H groups in total. The van der Waals surface area contributed by atoms with E-state index in [0.717, 1.165) is 12.1 Å². The number of rotatable bonds is 7. The highest BCUT2D eigenvalue weighted by molar-refractivity contribution is 6.53. The molecule has 3 amide bonds. The van der Waals surface area contributed by atoms with Crippen molar-refractivity contribution in [2.45, 2.75) is 69.4 Å². The van der Waals surface area contributed by atoms with Crippen molar-refractivity contribution in [3.8, 4) is 0 Å². The lowest BCUT2D eigenvalue weighted by Crippen LogP contribution is -2.44. The highest BCUT2D eigenvalue weighted by atomic mass is 35.5. The summed E-state index contributed by atoms with van der Waals surface area (Å²) in [6.07, 6.45) is -2.68. The van der Waals surface area contributed by atoms with Crippen LogP contribution in [-0.4, -0.2) is 39.4 Å². The van der Waals surface area contributed by atoms with Crippen molar-refractivity contribution < 1.29 is 33.0 Å². The number of nitrogens with one attached hydrogen (secondary N) is 1. The molecule has 8 nitrogen and oxygen atoms in total. The van der Waals surface area contributed by atoms with Crippen molar-refractivity contribution in [3.05, 3.63) is 92.2 Å². The van der Waals surface area contributed by atoms with Gasteiger partial charge in [-0.15, -0.1) is 23.2 Å². The Labute approximate surface area is 302 Å². The SMILES string of the molecule is CC(C)(C)OC(=O)N(C(=O)OC(C)(C)C)c1ccc(F)cc1CC(=O)c1cc(NC(=O)[C@H]2[C@H](c3cc(Cl)cc(Cl)c3)C2(Cl)Cl)ccc1Cl. The number of carbonyl (C=O) groups is 4. The zero-order chi connectivity index (χ0) is 35.9. The third-order valence-corrected chi connectivity index (χ3v) is 8.61. The molecule has 0 heterocycles. The Bertz CT molecular complexity index is 1740. The van der Waals surface area contributed by atoms with Crippen LogP contribution >= 0.6 is 58.0 Å². The molecule has 1 aliphatic carbocycles. The van der Waals surface area contributed by atoms with E-state index in [1.807, 2.05) is 0 Å². The van der Waals surface area contributed by atoms with Gasteiger partial charge in [-0.05, 0) is 107 Å². The van der Waals surface area contributed by atoms with Crippen LogP contribution in [0.3, 0.4) is 0 Å². The number of ketones is 1. The van der Waals surface area contributed by atoms with Gasteiger partial charge in [0.05, 0.1) is 16.6 Å². The number of nitrogens with zero attached hydrogens (tertiary/aromatic N) is 1. The molecular weight excluding hydrogens is 729 g/mol. The average molecular weight is 761 g/mol. The van der Waals surface area contributed by atoms with Crippen LogP contribution in [0.1, 0.15) is 68.9 Å². The molecule has 4 rings (SSSR count). The van der Waals surface area contributed by atoms with Gasteiger partial charge in [-0.2, -0.15) is 4.90 Å². The molecule has 0 aliphatic heterocycles. The fraction of sp³-hybridized carbons (Fsp3) is 0.353. The van der Waals surface area contributed by atoms with Crippen molar-refractivity contribution in [1.29, 1.82) is 0 Å². The van der Waals surface area contributed by atoms with Crippen molar-refractivity contribution in [1.82, 2.24) is 0 Å². The van der Waals surface area contributed by atoms with Crippen LogP contribution in [0.4, 0.5) is 25.4 Å². The minimum Gasteiger partial charge on any atom is -0.443 e. The molecule has 14 heteroatoms. The number of anilines is 2. The van der Waals surface area contributed by atoms with E-state index in [9.17, 15) is 23.6 Å². The predicted molar refractivity (Wildman–Crippen MR) is 187 cm³/mol. The lowest BCUT2D eigenvalue weighted by atomic mass is 10.00. The fourth-order valence-electron chi connectivity index (χ4n) is 4.93. The zero-order valence-electron chi connectivity index (χ0n) is 26.7. The highest BCUT2D eigenvalue weighted by Crippen LogP contribution is 2.65. The molecule has 0 unspecified atom stereocenters. The second-order valence-corrected chi connectivity index (χ2v) is 15.9. The van der Waals surface area contributed by atoms with Gasteiger partial charge in [0.2, 0.25) is 5.91 Å². The maximum Gasteiger partial charge on any atom is 0.424 e. The monoisotopic (exact) mass is 758 g/mol. The second kappa shape index (κ2) is 14.0. The number of Topliss-reactive ketones (excluding diaryl/α,β-unsaturated/α-hetero) is 1. The number of imide groups is 1. The van der Waals surface area contributed by atoms with E-state index in [-0.39, 0.29) is 27.5 Å². The van der Waals surface area contributed by atoms with Gasteiger partial charge in [-0.3, -0.25) is 9.59 Å². The van der Waals surface area contributed by atoms with E-state index in [0.29, 0.717) is 20.5 Å². The Morgan fingerprint density at radius 2 is 1.40 bits per heavy atom. The first-order valence-corrected chi connectivity index (χ1v) is 16.5. The number of hydrogen-bond acceptors (Lipinski definition) is 6. The maximum absolute atomic E-state index is 14.6. The van der Waals surface area contributed by atoms with E-state index in [1.54, 1.807) is 59.7 Å². The maximum atomic E-state index is 14.6. The van der Waals surface area contributed by atoms with Gasteiger partial charge in [0.1, 0.15) is 21.4 Å². The summed E-state index contributed by atoms with van der Waals surface area (Å²) in [6.45, 7) is 9.65. The van der Waals surface area contributed by atoms with Gasteiger partial charge in [-0.1, -0.05) is 34.8 Å². The molecule has 256 valence electrons. The third-order valence-electron chi connectivity index (χ3n) is 6.90. The summed E-state index contributed by atoms with van der Waals surface area (Å²) in [6, 6.07) is 12.2. The van der Waals surface area contributed by atoms with E-state index in [2.05, 4.69) is 5.32 Å². The van der Waals surface area contributed by atoms with Crippen LogP contribution in [0.2, 0.25) is 15.1 Å². The van der Waals surface area contributed by atoms with Gasteiger partial charge in [0.15, 0.2) is 5.78 Å². The summed E-state index contributed by atoms with van der Waals surface area (Å²) in [4.78, 5) is 54.1. The Hall–Kier alpha value is -3.08. The average Bonchev–Trinajstić information content (AvgIpc) is 3.50. The first kappa shape index (κ1) is 37.7. The molecule has 0 saturated heterocycles. The molecule has 1 saturated carbocycles. The predicted octanol–water partition coefficient (Wildman–Crippen LogP) is 10.4.